The molecule has 1 aromatic carbocycles. The topological polar surface area (TPSA) is 60.9 Å². The van der Waals surface area contributed by atoms with Crippen molar-refractivity contribution in [1.82, 2.24) is 4.90 Å². The van der Waals surface area contributed by atoms with Gasteiger partial charge in [0.05, 0.1) is 6.54 Å². The summed E-state index contributed by atoms with van der Waals surface area (Å²) in [6.45, 7) is 1.53. The van der Waals surface area contributed by atoms with Crippen LogP contribution >= 0.6 is 0 Å². The molecule has 5 nitrogen and oxygen atoms in total. The van der Waals surface area contributed by atoms with E-state index in [2.05, 4.69) is 5.92 Å². The van der Waals surface area contributed by atoms with Crippen LogP contribution in [0.4, 0.5) is 10.5 Å². The van der Waals surface area contributed by atoms with Gasteiger partial charge in [0.2, 0.25) is 0 Å². The number of terminal acetylenes is 1. The highest BCUT2D eigenvalue weighted by Gasteiger charge is 2.33. The molecular formula is C15H16N2O3. The van der Waals surface area contributed by atoms with E-state index >= 15 is 0 Å². The number of hydrogen-bond acceptors (Lipinski definition) is 2. The maximum atomic E-state index is 12.5. The Balaban J connectivity index is 2.27. The fourth-order valence-corrected chi connectivity index (χ4v) is 2.47. The van der Waals surface area contributed by atoms with Crippen LogP contribution in [0.5, 0.6) is 0 Å². The average molecular weight is 272 g/mol. The van der Waals surface area contributed by atoms with Gasteiger partial charge in [-0.1, -0.05) is 24.1 Å². The number of carbonyl (C=O) groups is 2. The Morgan fingerprint density at radius 3 is 2.85 bits per heavy atom. The zero-order valence-corrected chi connectivity index (χ0v) is 11.2. The van der Waals surface area contributed by atoms with Gasteiger partial charge in [-0.2, -0.15) is 0 Å². The number of carboxylic acids is 1. The predicted molar refractivity (Wildman–Crippen MR) is 75.5 cm³/mol. The normalized spacial score (nSPS) is 16.4. The number of aliphatic carboxylic acids is 1. The lowest BCUT2D eigenvalue weighted by Crippen LogP contribution is -2.47. The number of anilines is 1. The van der Waals surface area contributed by atoms with Gasteiger partial charge in [0.1, 0.15) is 6.54 Å². The van der Waals surface area contributed by atoms with E-state index in [1.54, 1.807) is 4.90 Å². The molecule has 0 saturated carbocycles. The molecule has 0 fully saturated rings. The van der Waals surface area contributed by atoms with E-state index < -0.39 is 12.5 Å². The molecule has 1 N–H and O–H groups in total. The zero-order chi connectivity index (χ0) is 14.7. The maximum absolute atomic E-state index is 12.5. The monoisotopic (exact) mass is 272 g/mol. The van der Waals surface area contributed by atoms with Crippen LogP contribution in [0.15, 0.2) is 24.3 Å². The van der Waals surface area contributed by atoms with E-state index in [0.29, 0.717) is 0 Å². The van der Waals surface area contributed by atoms with Crippen molar-refractivity contribution in [1.29, 1.82) is 0 Å². The van der Waals surface area contributed by atoms with E-state index in [1.165, 1.54) is 4.90 Å². The summed E-state index contributed by atoms with van der Waals surface area (Å²) in [4.78, 5) is 26.2. The van der Waals surface area contributed by atoms with Crippen LogP contribution in [0.25, 0.3) is 0 Å². The van der Waals surface area contributed by atoms with Crippen LogP contribution in [0.2, 0.25) is 0 Å². The van der Waals surface area contributed by atoms with Gasteiger partial charge in [-0.25, -0.2) is 4.79 Å². The molecule has 5 heteroatoms. The number of benzene rings is 1. The molecule has 0 aromatic heterocycles. The highest BCUT2D eigenvalue weighted by molar-refractivity contribution is 5.96. The van der Waals surface area contributed by atoms with Crippen molar-refractivity contribution in [2.45, 2.75) is 19.4 Å². The summed E-state index contributed by atoms with van der Waals surface area (Å²) in [5.41, 5.74) is 1.92. The van der Waals surface area contributed by atoms with Gasteiger partial charge >= 0.3 is 12.0 Å². The third-order valence-corrected chi connectivity index (χ3v) is 3.29. The zero-order valence-electron chi connectivity index (χ0n) is 11.2. The van der Waals surface area contributed by atoms with Crippen molar-refractivity contribution in [3.63, 3.8) is 0 Å². The third-order valence-electron chi connectivity index (χ3n) is 3.29. The predicted octanol–water partition coefficient (Wildman–Crippen LogP) is 1.58. The van der Waals surface area contributed by atoms with Crippen molar-refractivity contribution in [3.8, 4) is 12.3 Å². The Morgan fingerprint density at radius 1 is 1.50 bits per heavy atom. The van der Waals surface area contributed by atoms with Gasteiger partial charge in [-0.05, 0) is 25.0 Å². The molecular weight excluding hydrogens is 256 g/mol. The van der Waals surface area contributed by atoms with E-state index in [0.717, 1.165) is 17.7 Å². The van der Waals surface area contributed by atoms with E-state index in [1.807, 2.05) is 31.2 Å². The lowest BCUT2D eigenvalue weighted by molar-refractivity contribution is -0.137. The Bertz CT molecular complexity index is 577. The second-order valence-corrected chi connectivity index (χ2v) is 4.79. The van der Waals surface area contributed by atoms with Gasteiger partial charge in [0, 0.05) is 11.7 Å². The van der Waals surface area contributed by atoms with Crippen LogP contribution in [0.3, 0.4) is 0 Å². The lowest BCUT2D eigenvalue weighted by atomic mass is 10.1. The van der Waals surface area contributed by atoms with E-state index in [4.69, 9.17) is 11.5 Å². The van der Waals surface area contributed by atoms with Crippen molar-refractivity contribution < 1.29 is 14.7 Å². The first-order valence-electron chi connectivity index (χ1n) is 6.36. The third kappa shape index (κ3) is 2.59. The SMILES string of the molecule is C#CCN(CC(=O)O)C(=O)N1c2ccccc2CC1C. The van der Waals surface area contributed by atoms with Crippen LogP contribution in [0, 0.1) is 12.3 Å². The molecule has 0 saturated heterocycles. The number of amides is 2. The Hall–Kier alpha value is -2.48. The largest absolute Gasteiger partial charge is 0.480 e. The molecule has 0 radical (unpaired) electrons. The fourth-order valence-electron chi connectivity index (χ4n) is 2.47. The standard InChI is InChI=1S/C15H16N2O3/c1-3-8-16(10-14(18)19)15(20)17-11(2)9-12-6-4-5-7-13(12)17/h1,4-7,11H,8-10H2,2H3,(H,18,19). The first-order chi connectivity index (χ1) is 9.54. The summed E-state index contributed by atoms with van der Waals surface area (Å²) in [6, 6.07) is 7.26. The first kappa shape index (κ1) is 13.9. The summed E-state index contributed by atoms with van der Waals surface area (Å²) in [6.07, 6.45) is 5.98. The van der Waals surface area contributed by atoms with Gasteiger partial charge in [-0.3, -0.25) is 9.69 Å². The molecule has 1 aliphatic heterocycles. The molecule has 1 heterocycles. The highest BCUT2D eigenvalue weighted by Crippen LogP contribution is 2.32. The molecule has 1 unspecified atom stereocenters. The number of rotatable bonds is 3. The molecule has 1 atom stereocenters. The maximum Gasteiger partial charge on any atom is 0.326 e. The Morgan fingerprint density at radius 2 is 2.20 bits per heavy atom. The van der Waals surface area contributed by atoms with E-state index in [-0.39, 0.29) is 18.6 Å². The minimum atomic E-state index is -1.08. The van der Waals surface area contributed by atoms with Crippen LogP contribution in [-0.2, 0) is 11.2 Å². The number of carboxylic acid groups (broad SMARTS) is 1. The van der Waals surface area contributed by atoms with Crippen LogP contribution in [-0.4, -0.2) is 41.1 Å². The molecule has 0 aliphatic carbocycles. The minimum Gasteiger partial charge on any atom is -0.480 e. The first-order valence-corrected chi connectivity index (χ1v) is 6.36. The number of hydrogen-bond donors (Lipinski definition) is 1. The number of para-hydroxylation sites is 1. The fraction of sp³-hybridized carbons (Fsp3) is 0.333. The van der Waals surface area contributed by atoms with Crippen LogP contribution < -0.4 is 4.90 Å². The van der Waals surface area contributed by atoms with Crippen LogP contribution in [0.1, 0.15) is 12.5 Å². The average Bonchev–Trinajstić information content (AvgIpc) is 2.72. The molecule has 20 heavy (non-hydrogen) atoms. The summed E-state index contributed by atoms with van der Waals surface area (Å²) in [7, 11) is 0. The lowest BCUT2D eigenvalue weighted by Gasteiger charge is -2.29. The smallest absolute Gasteiger partial charge is 0.326 e. The Labute approximate surface area is 117 Å². The second kappa shape index (κ2) is 5.66. The number of urea groups is 1. The number of carbonyl (C=O) groups excluding carboxylic acids is 1. The minimum absolute atomic E-state index is 0.00558. The Kier molecular flexibility index (Phi) is 3.94. The summed E-state index contributed by atoms with van der Waals surface area (Å²) < 4.78 is 0. The number of fused-ring (bicyclic) bond motifs is 1. The van der Waals surface area contributed by atoms with Gasteiger partial charge in [0.25, 0.3) is 0 Å². The number of nitrogens with zero attached hydrogens (tertiary/aromatic N) is 2. The molecule has 2 rings (SSSR count). The molecule has 1 aliphatic rings. The van der Waals surface area contributed by atoms with Crippen molar-refractivity contribution >= 4 is 17.7 Å². The van der Waals surface area contributed by atoms with Crippen molar-refractivity contribution in [2.24, 2.45) is 0 Å². The summed E-state index contributed by atoms with van der Waals surface area (Å²) in [5.74, 6) is 1.26. The quantitative estimate of drug-likeness (QED) is 0.850. The molecule has 104 valence electrons. The van der Waals surface area contributed by atoms with Gasteiger partial charge in [-0.15, -0.1) is 6.42 Å². The van der Waals surface area contributed by atoms with Gasteiger partial charge < -0.3 is 10.0 Å². The van der Waals surface area contributed by atoms with E-state index in [9.17, 15) is 9.59 Å². The summed E-state index contributed by atoms with van der Waals surface area (Å²) >= 11 is 0. The molecule has 2 amide bonds. The molecule has 0 bridgehead atoms. The second-order valence-electron chi connectivity index (χ2n) is 4.79. The van der Waals surface area contributed by atoms with Crippen molar-refractivity contribution in [2.75, 3.05) is 18.0 Å². The molecule has 1 aromatic rings. The highest BCUT2D eigenvalue weighted by atomic mass is 16.4. The van der Waals surface area contributed by atoms with Gasteiger partial charge in [0.15, 0.2) is 0 Å². The molecule has 0 spiro atoms. The van der Waals surface area contributed by atoms with Crippen molar-refractivity contribution in [3.05, 3.63) is 29.8 Å². The summed E-state index contributed by atoms with van der Waals surface area (Å²) in [5, 5.41) is 8.88.